The van der Waals surface area contributed by atoms with Gasteiger partial charge in [0.15, 0.2) is 0 Å². The van der Waals surface area contributed by atoms with Crippen LogP contribution >= 0.6 is 0 Å². The molecule has 2 aliphatic rings. The van der Waals surface area contributed by atoms with Crippen LogP contribution in [0.3, 0.4) is 0 Å². The Morgan fingerprint density at radius 3 is 2.81 bits per heavy atom. The number of ether oxygens (including phenoxy) is 1. The topological polar surface area (TPSA) is 85.5 Å². The summed E-state index contributed by atoms with van der Waals surface area (Å²) in [5.74, 6) is 0.468. The van der Waals surface area contributed by atoms with E-state index in [-0.39, 0.29) is 12.0 Å². The monoisotopic (exact) mass is 370 g/mol. The summed E-state index contributed by atoms with van der Waals surface area (Å²) < 4.78 is 11.5. The van der Waals surface area contributed by atoms with Gasteiger partial charge in [0.2, 0.25) is 11.7 Å². The highest BCUT2D eigenvalue weighted by Gasteiger charge is 2.54. The smallest absolute Gasteiger partial charge is 0.303 e. The molecule has 27 heavy (non-hydrogen) atoms. The van der Waals surface area contributed by atoms with Gasteiger partial charge in [-0.05, 0) is 62.0 Å². The van der Waals surface area contributed by atoms with Crippen LogP contribution in [0.15, 0.2) is 28.8 Å². The average molecular weight is 370 g/mol. The molecule has 2 bridgehead atoms. The standard InChI is InChI=1S/C21H26N2O4/c1-15-22-19(23-27-15)17-5-2-4-16(12-17)13-26-21-10-8-20(14-21,9-11-21)7-3-6-18(24)25/h2,4-5,12H,3,6-11,13-14H2,1H3,(H,24,25). The van der Waals surface area contributed by atoms with Crippen molar-refractivity contribution in [1.29, 1.82) is 0 Å². The van der Waals surface area contributed by atoms with Crippen molar-refractivity contribution in [2.45, 2.75) is 70.5 Å². The number of benzene rings is 1. The van der Waals surface area contributed by atoms with E-state index in [1.54, 1.807) is 6.92 Å². The third-order valence-corrected chi connectivity index (χ3v) is 6.27. The molecule has 1 aromatic carbocycles. The Morgan fingerprint density at radius 1 is 1.30 bits per heavy atom. The first kappa shape index (κ1) is 18.2. The molecule has 2 aliphatic carbocycles. The molecule has 6 nitrogen and oxygen atoms in total. The lowest BCUT2D eigenvalue weighted by atomic mass is 9.80. The maximum Gasteiger partial charge on any atom is 0.303 e. The van der Waals surface area contributed by atoms with E-state index >= 15 is 0 Å². The minimum atomic E-state index is -0.693. The minimum absolute atomic E-state index is 0.0258. The molecule has 6 heteroatoms. The van der Waals surface area contributed by atoms with Gasteiger partial charge in [0.05, 0.1) is 12.2 Å². The van der Waals surface area contributed by atoms with Crippen LogP contribution in [0, 0.1) is 12.3 Å². The number of rotatable bonds is 8. The van der Waals surface area contributed by atoms with Crippen LogP contribution in [0.25, 0.3) is 11.4 Å². The molecule has 0 atom stereocenters. The maximum atomic E-state index is 10.8. The number of hydrogen-bond acceptors (Lipinski definition) is 5. The number of carbonyl (C=O) groups is 1. The van der Waals surface area contributed by atoms with Crippen LogP contribution in [-0.4, -0.2) is 26.8 Å². The third kappa shape index (κ3) is 3.90. The Balaban J connectivity index is 1.36. The zero-order chi connectivity index (χ0) is 18.9. The van der Waals surface area contributed by atoms with Crippen molar-refractivity contribution in [3.8, 4) is 11.4 Å². The summed E-state index contributed by atoms with van der Waals surface area (Å²) in [4.78, 5) is 15.1. The van der Waals surface area contributed by atoms with Crippen LogP contribution in [0.4, 0.5) is 0 Å². The van der Waals surface area contributed by atoms with Crippen LogP contribution in [0.2, 0.25) is 0 Å². The van der Waals surface area contributed by atoms with E-state index in [0.29, 0.717) is 23.7 Å². The van der Waals surface area contributed by atoms with Crippen molar-refractivity contribution in [2.24, 2.45) is 5.41 Å². The lowest BCUT2D eigenvalue weighted by molar-refractivity contribution is -0.137. The first-order valence-corrected chi connectivity index (χ1v) is 9.73. The van der Waals surface area contributed by atoms with Crippen molar-refractivity contribution in [3.63, 3.8) is 0 Å². The molecule has 1 aromatic heterocycles. The molecule has 0 amide bonds. The predicted octanol–water partition coefficient (Wildman–Crippen LogP) is 4.52. The second-order valence-corrected chi connectivity index (χ2v) is 8.23. The van der Waals surface area contributed by atoms with E-state index < -0.39 is 5.97 Å². The number of aromatic nitrogens is 2. The molecule has 4 rings (SSSR count). The second kappa shape index (κ2) is 7.08. The molecule has 1 N–H and O–H groups in total. The lowest BCUT2D eigenvalue weighted by Crippen LogP contribution is -2.26. The fourth-order valence-corrected chi connectivity index (χ4v) is 4.87. The largest absolute Gasteiger partial charge is 0.481 e. The van der Waals surface area contributed by atoms with Gasteiger partial charge in [0.1, 0.15) is 0 Å². The number of nitrogens with zero attached hydrogens (tertiary/aromatic N) is 2. The van der Waals surface area contributed by atoms with Crippen molar-refractivity contribution in [1.82, 2.24) is 10.1 Å². The van der Waals surface area contributed by atoms with Gasteiger partial charge in [0, 0.05) is 18.9 Å². The molecule has 0 spiro atoms. The number of aliphatic carboxylic acids is 1. The summed E-state index contributed by atoms with van der Waals surface area (Å²) >= 11 is 0. The highest BCUT2D eigenvalue weighted by molar-refractivity contribution is 5.66. The Labute approximate surface area is 158 Å². The van der Waals surface area contributed by atoms with Crippen molar-refractivity contribution < 1.29 is 19.2 Å². The van der Waals surface area contributed by atoms with Crippen molar-refractivity contribution >= 4 is 5.97 Å². The van der Waals surface area contributed by atoms with Gasteiger partial charge in [-0.25, -0.2) is 0 Å². The van der Waals surface area contributed by atoms with Crippen LogP contribution < -0.4 is 0 Å². The van der Waals surface area contributed by atoms with Crippen LogP contribution in [-0.2, 0) is 16.1 Å². The molecule has 0 aliphatic heterocycles. The maximum absolute atomic E-state index is 10.8. The van der Waals surface area contributed by atoms with E-state index in [1.807, 2.05) is 12.1 Å². The number of carboxylic acids is 1. The number of fused-ring (bicyclic) bond motifs is 2. The van der Waals surface area contributed by atoms with Gasteiger partial charge in [-0.3, -0.25) is 4.79 Å². The molecule has 0 radical (unpaired) electrons. The highest BCUT2D eigenvalue weighted by atomic mass is 16.5. The van der Waals surface area contributed by atoms with Crippen LogP contribution in [0.5, 0.6) is 0 Å². The first-order chi connectivity index (χ1) is 13.0. The van der Waals surface area contributed by atoms with E-state index in [0.717, 1.165) is 56.1 Å². The van der Waals surface area contributed by atoms with Crippen molar-refractivity contribution in [2.75, 3.05) is 0 Å². The van der Waals surface area contributed by atoms with Gasteiger partial charge in [0.25, 0.3) is 0 Å². The van der Waals surface area contributed by atoms with E-state index in [1.165, 1.54) is 0 Å². The quantitative estimate of drug-likeness (QED) is 0.735. The summed E-state index contributed by atoms with van der Waals surface area (Å²) in [6.07, 6.45) is 7.63. The predicted molar refractivity (Wildman–Crippen MR) is 99.0 cm³/mol. The second-order valence-electron chi connectivity index (χ2n) is 8.23. The average Bonchev–Trinajstić information content (AvgIpc) is 3.34. The third-order valence-electron chi connectivity index (χ3n) is 6.27. The number of hydrogen-bond donors (Lipinski definition) is 1. The normalized spacial score (nSPS) is 26.6. The van der Waals surface area contributed by atoms with Crippen molar-refractivity contribution in [3.05, 3.63) is 35.7 Å². The number of carboxylic acid groups (broad SMARTS) is 1. The summed E-state index contributed by atoms with van der Waals surface area (Å²) in [5.41, 5.74) is 2.33. The molecular weight excluding hydrogens is 344 g/mol. The van der Waals surface area contributed by atoms with Gasteiger partial charge in [-0.1, -0.05) is 23.4 Å². The molecule has 2 saturated carbocycles. The Kier molecular flexibility index (Phi) is 4.76. The summed E-state index contributed by atoms with van der Waals surface area (Å²) in [7, 11) is 0. The fraction of sp³-hybridized carbons (Fsp3) is 0.571. The number of aryl methyl sites for hydroxylation is 1. The first-order valence-electron chi connectivity index (χ1n) is 9.73. The molecule has 144 valence electrons. The molecule has 2 fully saturated rings. The minimum Gasteiger partial charge on any atom is -0.481 e. The van der Waals surface area contributed by atoms with E-state index in [4.69, 9.17) is 14.4 Å². The zero-order valence-corrected chi connectivity index (χ0v) is 15.7. The van der Waals surface area contributed by atoms with Gasteiger partial charge >= 0.3 is 5.97 Å². The molecular formula is C21H26N2O4. The summed E-state index contributed by atoms with van der Waals surface area (Å²) in [6.45, 7) is 2.36. The summed E-state index contributed by atoms with van der Waals surface area (Å²) in [6, 6.07) is 8.10. The molecule has 1 heterocycles. The van der Waals surface area contributed by atoms with Gasteiger partial charge in [-0.15, -0.1) is 0 Å². The Bertz CT molecular complexity index is 821. The van der Waals surface area contributed by atoms with Gasteiger partial charge in [-0.2, -0.15) is 4.98 Å². The van der Waals surface area contributed by atoms with E-state index in [9.17, 15) is 4.79 Å². The molecule has 0 saturated heterocycles. The highest BCUT2D eigenvalue weighted by Crippen LogP contribution is 2.60. The van der Waals surface area contributed by atoms with E-state index in [2.05, 4.69) is 22.3 Å². The SMILES string of the molecule is Cc1nc(-c2cccc(COC34CCC(CCCC(=O)O)(CC3)C4)c2)no1. The summed E-state index contributed by atoms with van der Waals surface area (Å²) in [5, 5.41) is 12.9. The van der Waals surface area contributed by atoms with Crippen LogP contribution in [0.1, 0.15) is 62.8 Å². The Hall–Kier alpha value is -2.21. The molecule has 0 unspecified atom stereocenters. The Morgan fingerprint density at radius 2 is 2.11 bits per heavy atom. The molecule has 2 aromatic rings. The zero-order valence-electron chi connectivity index (χ0n) is 15.7. The van der Waals surface area contributed by atoms with Gasteiger partial charge < -0.3 is 14.4 Å². The lowest BCUT2D eigenvalue weighted by Gasteiger charge is -2.28. The fourth-order valence-electron chi connectivity index (χ4n) is 4.87.